The highest BCUT2D eigenvalue weighted by molar-refractivity contribution is 6.32. The first-order valence-corrected chi connectivity index (χ1v) is 23.2. The summed E-state index contributed by atoms with van der Waals surface area (Å²) in [5, 5.41) is 40.1. The van der Waals surface area contributed by atoms with Gasteiger partial charge < -0.3 is 39.4 Å². The second-order valence-electron chi connectivity index (χ2n) is 17.9. The average molecular weight is 1040 g/mol. The summed E-state index contributed by atoms with van der Waals surface area (Å²) in [6.45, 7) is 4.76. The smallest absolute Gasteiger partial charge is 0.326 e. The van der Waals surface area contributed by atoms with E-state index in [0.717, 1.165) is 69.8 Å². The summed E-state index contributed by atoms with van der Waals surface area (Å²) in [4.78, 5) is 27.1. The Kier molecular flexibility index (Phi) is 17.9. The van der Waals surface area contributed by atoms with Crippen LogP contribution in [0, 0.1) is 37.1 Å². The number of carbonyl (C=O) groups is 2. The second kappa shape index (κ2) is 23.4. The Morgan fingerprint density at radius 3 is 1.17 bits per heavy atom. The highest BCUT2D eigenvalue weighted by atomic mass is 35.5. The summed E-state index contributed by atoms with van der Waals surface area (Å²) in [7, 11) is 3.03. The number of rotatable bonds is 23. The SMILES string of the molecule is Cc1c(COc2cc(OCc3cc(F)cc(F)c3)c(CN(C)[C@@](C)(CO)C(=O)O)cc2Cl)cccc1-c1cccc(COc2cc(OCc3cc(F)cc(F)c3)c(CN(C)[C@@](C)(CO)C(=O)O)cc2Cl)c1C. The number of carboxylic acids is 2. The van der Waals surface area contributed by atoms with Gasteiger partial charge in [-0.05, 0) is 123 Å². The van der Waals surface area contributed by atoms with Crippen molar-refractivity contribution in [3.05, 3.63) is 175 Å². The molecule has 6 rings (SSSR count). The molecule has 6 aromatic rings. The molecule has 0 saturated heterocycles. The van der Waals surface area contributed by atoms with Crippen molar-refractivity contribution in [2.75, 3.05) is 27.3 Å². The van der Waals surface area contributed by atoms with Crippen LogP contribution < -0.4 is 18.9 Å². The zero-order chi connectivity index (χ0) is 52.7. The van der Waals surface area contributed by atoms with E-state index in [-0.39, 0.29) is 83.7 Å². The van der Waals surface area contributed by atoms with Gasteiger partial charge in [0.1, 0.15) is 83.8 Å². The van der Waals surface area contributed by atoms with Crippen molar-refractivity contribution in [3.8, 4) is 34.1 Å². The molecule has 2 atom stereocenters. The van der Waals surface area contributed by atoms with Gasteiger partial charge in [-0.1, -0.05) is 59.6 Å². The predicted molar refractivity (Wildman–Crippen MR) is 263 cm³/mol. The Balaban J connectivity index is 1.24. The number of hydrogen-bond acceptors (Lipinski definition) is 10. The number of nitrogens with zero attached hydrogens (tertiary/aromatic N) is 2. The van der Waals surface area contributed by atoms with E-state index in [1.807, 2.05) is 50.2 Å². The first kappa shape index (κ1) is 54.9. The highest BCUT2D eigenvalue weighted by Crippen LogP contribution is 2.39. The van der Waals surface area contributed by atoms with Gasteiger partial charge in [0.15, 0.2) is 0 Å². The summed E-state index contributed by atoms with van der Waals surface area (Å²) in [5.41, 5.74) is 3.10. The van der Waals surface area contributed by atoms with E-state index in [4.69, 9.17) is 42.1 Å². The molecule has 0 unspecified atom stereocenters. The lowest BCUT2D eigenvalue weighted by atomic mass is 9.92. The van der Waals surface area contributed by atoms with Crippen LogP contribution in [0.2, 0.25) is 10.0 Å². The number of hydrogen-bond donors (Lipinski definition) is 4. The second-order valence-corrected chi connectivity index (χ2v) is 18.7. The molecular formula is C54H54Cl2F4N2O10. The van der Waals surface area contributed by atoms with Crippen LogP contribution in [0.1, 0.15) is 58.4 Å². The van der Waals surface area contributed by atoms with Gasteiger partial charge in [-0.2, -0.15) is 0 Å². The van der Waals surface area contributed by atoms with Crippen molar-refractivity contribution in [2.24, 2.45) is 0 Å². The molecule has 72 heavy (non-hydrogen) atoms. The summed E-state index contributed by atoms with van der Waals surface area (Å²) < 4.78 is 81.0. The maximum absolute atomic E-state index is 14.1. The van der Waals surface area contributed by atoms with E-state index < -0.39 is 59.5 Å². The van der Waals surface area contributed by atoms with Crippen molar-refractivity contribution in [1.29, 1.82) is 0 Å². The first-order valence-electron chi connectivity index (χ1n) is 22.4. The van der Waals surface area contributed by atoms with E-state index >= 15 is 0 Å². The Hall–Kier alpha value is -6.40. The number of halogens is 6. The summed E-state index contributed by atoms with van der Waals surface area (Å²) in [6.07, 6.45) is 0. The Bertz CT molecular complexity index is 2730. The minimum atomic E-state index is -1.66. The molecule has 12 nitrogen and oxygen atoms in total. The van der Waals surface area contributed by atoms with Gasteiger partial charge in [0, 0.05) is 48.5 Å². The van der Waals surface area contributed by atoms with Crippen LogP contribution in [0.4, 0.5) is 17.6 Å². The molecule has 0 aliphatic heterocycles. The molecule has 0 aliphatic rings. The molecule has 4 N–H and O–H groups in total. The quantitative estimate of drug-likeness (QED) is 0.0451. The van der Waals surface area contributed by atoms with Gasteiger partial charge in [0.2, 0.25) is 0 Å². The summed E-state index contributed by atoms with van der Waals surface area (Å²) in [6, 6.07) is 23.6. The molecule has 0 bridgehead atoms. The number of aliphatic carboxylic acids is 2. The number of likely N-dealkylation sites (N-methyl/N-ethyl adjacent to an activating group) is 2. The molecule has 0 aromatic heterocycles. The van der Waals surface area contributed by atoms with Crippen molar-refractivity contribution >= 4 is 35.1 Å². The van der Waals surface area contributed by atoms with Crippen molar-refractivity contribution in [1.82, 2.24) is 9.80 Å². The predicted octanol–water partition coefficient (Wildman–Crippen LogP) is 10.7. The normalized spacial score (nSPS) is 13.2. The largest absolute Gasteiger partial charge is 0.488 e. The minimum Gasteiger partial charge on any atom is -0.488 e. The number of aliphatic hydroxyl groups excluding tert-OH is 2. The molecule has 6 aromatic carbocycles. The van der Waals surface area contributed by atoms with Gasteiger partial charge in [-0.3, -0.25) is 19.4 Å². The van der Waals surface area contributed by atoms with Crippen LogP contribution in [-0.2, 0) is 49.1 Å². The molecule has 0 amide bonds. The minimum absolute atomic E-state index is 0.0451. The molecule has 0 spiro atoms. The molecule has 0 saturated carbocycles. The van der Waals surface area contributed by atoms with Crippen LogP contribution in [0.25, 0.3) is 11.1 Å². The van der Waals surface area contributed by atoms with Crippen LogP contribution in [0.5, 0.6) is 23.0 Å². The van der Waals surface area contributed by atoms with Crippen LogP contribution in [0.3, 0.4) is 0 Å². The van der Waals surface area contributed by atoms with Crippen molar-refractivity contribution < 1.29 is 66.5 Å². The van der Waals surface area contributed by atoms with E-state index in [9.17, 15) is 47.6 Å². The summed E-state index contributed by atoms with van der Waals surface area (Å²) in [5.74, 6) is -4.83. The topological polar surface area (TPSA) is 158 Å². The molecule has 0 radical (unpaired) electrons. The third-order valence-corrected chi connectivity index (χ3v) is 13.4. The third kappa shape index (κ3) is 12.8. The Morgan fingerprint density at radius 1 is 0.514 bits per heavy atom. The number of ether oxygens (including phenoxy) is 4. The van der Waals surface area contributed by atoms with E-state index in [1.165, 1.54) is 49.9 Å². The molecular weight excluding hydrogens is 983 g/mol. The van der Waals surface area contributed by atoms with Crippen molar-refractivity contribution in [2.45, 2.75) is 78.3 Å². The fraction of sp³-hybridized carbons (Fsp3) is 0.296. The average Bonchev–Trinajstić information content (AvgIpc) is 3.32. The van der Waals surface area contributed by atoms with E-state index in [1.54, 1.807) is 12.1 Å². The molecule has 0 aliphatic carbocycles. The summed E-state index contributed by atoms with van der Waals surface area (Å²) >= 11 is 13.6. The van der Waals surface area contributed by atoms with Crippen LogP contribution in [-0.4, -0.2) is 80.6 Å². The lowest BCUT2D eigenvalue weighted by Gasteiger charge is -2.33. The maximum Gasteiger partial charge on any atom is 0.326 e. The Morgan fingerprint density at radius 2 is 0.847 bits per heavy atom. The van der Waals surface area contributed by atoms with E-state index in [2.05, 4.69) is 0 Å². The highest BCUT2D eigenvalue weighted by Gasteiger charge is 2.38. The first-order chi connectivity index (χ1) is 34.1. The zero-order valence-electron chi connectivity index (χ0n) is 40.3. The number of benzene rings is 6. The molecule has 0 fully saturated rings. The van der Waals surface area contributed by atoms with Gasteiger partial charge >= 0.3 is 11.9 Å². The monoisotopic (exact) mass is 1040 g/mol. The zero-order valence-corrected chi connectivity index (χ0v) is 41.8. The standard InChI is InChI=1S/C54H54Cl2F4N2O10/c1-31-35(27-71-49-21-47(69-25-33-13-39(57)19-40(58)14-33)37(17-45(49)55)23-61(5)53(3,29-63)51(65)66)9-7-11-43(31)44-12-8-10-36(32(44)2)28-72-50-22-48(70-26-34-15-41(59)20-42(60)16-34)38(18-46(50)56)24-62(6)54(4,30-64)52(67)68/h7-22,63-64H,23-30H2,1-6H3,(H,65,66)(H,67,68)/t53-,54-/m0/s1. The number of aliphatic hydroxyl groups is 2. The van der Waals surface area contributed by atoms with Crippen LogP contribution in [0.15, 0.2) is 97.1 Å². The maximum atomic E-state index is 14.1. The fourth-order valence-electron chi connectivity index (χ4n) is 7.74. The fourth-order valence-corrected chi connectivity index (χ4v) is 8.22. The molecule has 0 heterocycles. The van der Waals surface area contributed by atoms with Gasteiger partial charge in [-0.15, -0.1) is 0 Å². The molecule has 18 heteroatoms. The molecule has 382 valence electrons. The van der Waals surface area contributed by atoms with Gasteiger partial charge in [-0.25, -0.2) is 17.6 Å². The lowest BCUT2D eigenvalue weighted by Crippen LogP contribution is -2.52. The van der Waals surface area contributed by atoms with Crippen LogP contribution >= 0.6 is 23.2 Å². The van der Waals surface area contributed by atoms with Gasteiger partial charge in [0.25, 0.3) is 0 Å². The van der Waals surface area contributed by atoms with Gasteiger partial charge in [0.05, 0.1) is 23.3 Å². The number of carboxylic acid groups (broad SMARTS) is 2. The third-order valence-electron chi connectivity index (χ3n) is 12.8. The lowest BCUT2D eigenvalue weighted by molar-refractivity contribution is -0.153. The van der Waals surface area contributed by atoms with Crippen molar-refractivity contribution in [3.63, 3.8) is 0 Å². The van der Waals surface area contributed by atoms with E-state index in [0.29, 0.717) is 11.1 Å². The Labute approximate surface area is 424 Å².